The lowest BCUT2D eigenvalue weighted by atomic mass is 9.86. The van der Waals surface area contributed by atoms with Gasteiger partial charge in [0.1, 0.15) is 0 Å². The van der Waals surface area contributed by atoms with Crippen molar-refractivity contribution in [2.75, 3.05) is 4.90 Å². The average molecular weight is 550 g/mol. The molecule has 1 nitrogen and oxygen atoms in total. The molecule has 0 radical (unpaired) electrons. The number of hydrogen-bond acceptors (Lipinski definition) is 1. The van der Waals surface area contributed by atoms with Crippen LogP contribution in [0, 0.1) is 13.8 Å². The lowest BCUT2D eigenvalue weighted by molar-refractivity contribution is 0.746. The summed E-state index contributed by atoms with van der Waals surface area (Å²) in [4.78, 5) is 2.60. The van der Waals surface area contributed by atoms with E-state index in [0.717, 1.165) is 0 Å². The van der Waals surface area contributed by atoms with E-state index in [1.165, 1.54) is 82.6 Å². The zero-order valence-corrected chi connectivity index (χ0v) is 24.4. The number of para-hydroxylation sites is 1. The highest BCUT2D eigenvalue weighted by Crippen LogP contribution is 2.52. The van der Waals surface area contributed by atoms with E-state index in [1.807, 2.05) is 0 Å². The molecule has 1 aliphatic carbocycles. The normalized spacial score (nSPS) is 17.3. The number of hydrogen-bond donors (Lipinski definition) is 0. The van der Waals surface area contributed by atoms with Gasteiger partial charge in [-0.05, 0) is 75.3 Å². The smallest absolute Gasteiger partial charge is 0.0629 e. The third-order valence-electron chi connectivity index (χ3n) is 9.70. The molecular weight excluding hydrogens is 518 g/mol. The lowest BCUT2D eigenvalue weighted by Gasteiger charge is -2.31. The van der Waals surface area contributed by atoms with Crippen LogP contribution in [-0.4, -0.2) is 6.04 Å². The van der Waals surface area contributed by atoms with Crippen molar-refractivity contribution in [3.8, 4) is 22.3 Å². The summed E-state index contributed by atoms with van der Waals surface area (Å²) in [7, 11) is 0. The molecule has 0 amide bonds. The van der Waals surface area contributed by atoms with E-state index >= 15 is 0 Å². The molecule has 0 fully saturated rings. The molecule has 0 bridgehead atoms. The first-order chi connectivity index (χ1) is 21.2. The van der Waals surface area contributed by atoms with Gasteiger partial charge < -0.3 is 4.90 Å². The fourth-order valence-electron chi connectivity index (χ4n) is 7.60. The van der Waals surface area contributed by atoms with Crippen LogP contribution in [-0.2, 0) is 0 Å². The molecule has 2 atom stereocenters. The van der Waals surface area contributed by atoms with Crippen molar-refractivity contribution in [3.63, 3.8) is 0 Å². The quantitative estimate of drug-likeness (QED) is 0.198. The van der Waals surface area contributed by atoms with Crippen molar-refractivity contribution in [2.45, 2.75) is 25.8 Å². The van der Waals surface area contributed by atoms with Gasteiger partial charge in [0.05, 0.1) is 11.7 Å². The Bertz CT molecular complexity index is 2250. The zero-order valence-electron chi connectivity index (χ0n) is 24.4. The highest BCUT2D eigenvalue weighted by atomic mass is 15.2. The van der Waals surface area contributed by atoms with Crippen molar-refractivity contribution < 1.29 is 0 Å². The third kappa shape index (κ3) is 3.58. The van der Waals surface area contributed by atoms with Crippen LogP contribution in [0.2, 0.25) is 0 Å². The van der Waals surface area contributed by atoms with E-state index in [0.29, 0.717) is 5.92 Å². The number of anilines is 2. The molecule has 0 spiro atoms. The van der Waals surface area contributed by atoms with E-state index in [4.69, 9.17) is 0 Å². The predicted molar refractivity (Wildman–Crippen MR) is 184 cm³/mol. The van der Waals surface area contributed by atoms with Crippen molar-refractivity contribution >= 4 is 43.7 Å². The molecule has 7 aromatic rings. The first-order valence-corrected chi connectivity index (χ1v) is 15.3. The fourth-order valence-corrected chi connectivity index (χ4v) is 7.60. The maximum absolute atomic E-state index is 2.60. The molecule has 9 rings (SSSR count). The van der Waals surface area contributed by atoms with Gasteiger partial charge in [-0.25, -0.2) is 0 Å². The number of rotatable bonds is 3. The van der Waals surface area contributed by atoms with E-state index in [1.54, 1.807) is 0 Å². The Morgan fingerprint density at radius 1 is 0.512 bits per heavy atom. The van der Waals surface area contributed by atoms with Crippen molar-refractivity contribution in [1.82, 2.24) is 0 Å². The van der Waals surface area contributed by atoms with Gasteiger partial charge in [-0.3, -0.25) is 0 Å². The minimum Gasteiger partial charge on any atom is -0.333 e. The number of fused-ring (bicyclic) bond motifs is 3. The van der Waals surface area contributed by atoms with Crippen LogP contribution in [0.5, 0.6) is 0 Å². The number of allylic oxidation sites excluding steroid dienone is 2. The SMILES string of the molecule is Cc1ccc(-c2ccc3ccc4c(N5c6ccccc6C6C=CC=CC65)cc(-c5ccc(C)cc5)c5ccc2c3c54)cc1. The van der Waals surface area contributed by atoms with E-state index < -0.39 is 0 Å². The third-order valence-corrected chi connectivity index (χ3v) is 9.70. The molecule has 2 unspecified atom stereocenters. The number of nitrogens with zero attached hydrogens (tertiary/aromatic N) is 1. The molecule has 1 heterocycles. The van der Waals surface area contributed by atoms with Gasteiger partial charge in [0, 0.05) is 22.4 Å². The lowest BCUT2D eigenvalue weighted by Crippen LogP contribution is -2.28. The van der Waals surface area contributed by atoms with E-state index in [2.05, 4.69) is 158 Å². The molecular formula is C42H31N. The minimum absolute atomic E-state index is 0.245. The first-order valence-electron chi connectivity index (χ1n) is 15.3. The van der Waals surface area contributed by atoms with E-state index in [9.17, 15) is 0 Å². The number of aryl methyl sites for hydroxylation is 2. The highest BCUT2D eigenvalue weighted by molar-refractivity contribution is 6.30. The Morgan fingerprint density at radius 3 is 1.91 bits per heavy atom. The second-order valence-corrected chi connectivity index (χ2v) is 12.3. The summed E-state index contributed by atoms with van der Waals surface area (Å²) >= 11 is 0. The first kappa shape index (κ1) is 24.5. The number of benzene rings is 7. The van der Waals surface area contributed by atoms with Gasteiger partial charge in [0.2, 0.25) is 0 Å². The molecule has 2 aliphatic rings. The maximum Gasteiger partial charge on any atom is 0.0629 e. The summed E-state index contributed by atoms with van der Waals surface area (Å²) < 4.78 is 0. The molecule has 204 valence electrons. The van der Waals surface area contributed by atoms with Crippen LogP contribution in [0.15, 0.2) is 140 Å². The molecule has 1 aliphatic heterocycles. The van der Waals surface area contributed by atoms with Crippen molar-refractivity contribution in [3.05, 3.63) is 156 Å². The van der Waals surface area contributed by atoms with Crippen LogP contribution in [0.3, 0.4) is 0 Å². The second-order valence-electron chi connectivity index (χ2n) is 12.3. The summed E-state index contributed by atoms with van der Waals surface area (Å²) in [5, 5.41) is 7.93. The summed E-state index contributed by atoms with van der Waals surface area (Å²) in [6.07, 6.45) is 9.17. The van der Waals surface area contributed by atoms with Crippen molar-refractivity contribution in [2.24, 2.45) is 0 Å². The highest BCUT2D eigenvalue weighted by Gasteiger charge is 2.38. The van der Waals surface area contributed by atoms with Gasteiger partial charge in [-0.15, -0.1) is 0 Å². The van der Waals surface area contributed by atoms with Crippen LogP contribution < -0.4 is 4.90 Å². The molecule has 0 aromatic heterocycles. The van der Waals surface area contributed by atoms with Gasteiger partial charge >= 0.3 is 0 Å². The largest absolute Gasteiger partial charge is 0.333 e. The Labute approximate surface area is 252 Å². The standard InChI is InChI=1S/C42H31N/c1-26-11-15-28(16-12-26)31-21-19-30-20-22-36-40(43-38-9-5-3-7-32(38)33-8-4-6-10-39(33)43)25-37(29-17-13-27(2)14-18-29)35-24-23-34(31)41(30)42(35)36/h3-25,32,38H,1-2H3. The summed E-state index contributed by atoms with van der Waals surface area (Å²) in [5.41, 5.74) is 11.6. The van der Waals surface area contributed by atoms with E-state index in [-0.39, 0.29) is 6.04 Å². The minimum atomic E-state index is 0.245. The van der Waals surface area contributed by atoms with Crippen LogP contribution in [0.1, 0.15) is 22.6 Å². The Morgan fingerprint density at radius 2 is 1.14 bits per heavy atom. The van der Waals surface area contributed by atoms with Gasteiger partial charge in [-0.1, -0.05) is 139 Å². The average Bonchev–Trinajstić information content (AvgIpc) is 3.38. The Kier molecular flexibility index (Phi) is 5.22. The zero-order chi connectivity index (χ0) is 28.7. The van der Waals surface area contributed by atoms with Crippen molar-refractivity contribution in [1.29, 1.82) is 0 Å². The monoisotopic (exact) mass is 549 g/mol. The summed E-state index contributed by atoms with van der Waals surface area (Å²) in [6.45, 7) is 4.32. The Hall–Kier alpha value is -5.14. The second kappa shape index (κ2) is 9.18. The summed E-state index contributed by atoms with van der Waals surface area (Å²) in [5.74, 6) is 0.343. The topological polar surface area (TPSA) is 3.24 Å². The molecule has 0 saturated carbocycles. The summed E-state index contributed by atoms with van der Waals surface area (Å²) in [6, 6.07) is 43.7. The molecule has 0 saturated heterocycles. The maximum atomic E-state index is 2.60. The van der Waals surface area contributed by atoms with Crippen LogP contribution in [0.4, 0.5) is 11.4 Å². The van der Waals surface area contributed by atoms with Crippen LogP contribution in [0.25, 0.3) is 54.6 Å². The van der Waals surface area contributed by atoms with Crippen LogP contribution >= 0.6 is 0 Å². The van der Waals surface area contributed by atoms with Gasteiger partial charge in [-0.2, -0.15) is 0 Å². The molecule has 1 heteroatoms. The van der Waals surface area contributed by atoms with Gasteiger partial charge in [0.25, 0.3) is 0 Å². The molecule has 7 aromatic carbocycles. The Balaban J connectivity index is 1.40. The predicted octanol–water partition coefficient (Wildman–Crippen LogP) is 11.3. The molecule has 43 heavy (non-hydrogen) atoms. The fraction of sp³-hybridized carbons (Fsp3) is 0.0952. The molecule has 0 N–H and O–H groups in total. The van der Waals surface area contributed by atoms with Gasteiger partial charge in [0.15, 0.2) is 0 Å².